The lowest BCUT2D eigenvalue weighted by Gasteiger charge is -2.14. The second-order valence-electron chi connectivity index (χ2n) is 5.04. The third-order valence-electron chi connectivity index (χ3n) is 3.65. The van der Waals surface area contributed by atoms with E-state index in [1.807, 2.05) is 12.1 Å². The Morgan fingerprint density at radius 1 is 1.10 bits per heavy atom. The molecule has 2 aromatic carbocycles. The van der Waals surface area contributed by atoms with E-state index in [0.29, 0.717) is 29.7 Å². The van der Waals surface area contributed by atoms with E-state index >= 15 is 0 Å². The summed E-state index contributed by atoms with van der Waals surface area (Å²) in [7, 11) is 0. The van der Waals surface area contributed by atoms with Crippen molar-refractivity contribution < 1.29 is 4.74 Å². The van der Waals surface area contributed by atoms with Crippen LogP contribution in [0.15, 0.2) is 36.4 Å². The van der Waals surface area contributed by atoms with E-state index in [1.54, 1.807) is 6.07 Å². The molecule has 1 heterocycles. The summed E-state index contributed by atoms with van der Waals surface area (Å²) in [5.74, 6) is 0. The molecule has 0 aromatic heterocycles. The zero-order valence-corrected chi connectivity index (χ0v) is 12.4. The van der Waals surface area contributed by atoms with Crippen LogP contribution < -0.4 is 5.73 Å². The van der Waals surface area contributed by atoms with Crippen LogP contribution in [0.2, 0.25) is 10.0 Å². The van der Waals surface area contributed by atoms with E-state index in [-0.39, 0.29) is 6.04 Å². The molecule has 1 aliphatic rings. The average Bonchev–Trinajstić information content (AvgIpc) is 2.91. The van der Waals surface area contributed by atoms with Gasteiger partial charge in [-0.25, -0.2) is 0 Å². The van der Waals surface area contributed by atoms with E-state index in [0.717, 1.165) is 11.1 Å². The monoisotopic (exact) mass is 307 g/mol. The number of fused-ring (bicyclic) bond motifs is 1. The lowest BCUT2D eigenvalue weighted by atomic mass is 9.96. The van der Waals surface area contributed by atoms with Crippen LogP contribution in [0, 0.1) is 0 Å². The van der Waals surface area contributed by atoms with Crippen molar-refractivity contribution in [2.45, 2.75) is 25.7 Å². The fourth-order valence-corrected chi connectivity index (χ4v) is 2.88. The largest absolute Gasteiger partial charge is 0.372 e. The molecule has 20 heavy (non-hydrogen) atoms. The fourth-order valence-electron chi connectivity index (χ4n) is 2.48. The van der Waals surface area contributed by atoms with Crippen LogP contribution in [-0.4, -0.2) is 0 Å². The molecular formula is C16H15Cl2NO. The molecule has 0 saturated carbocycles. The van der Waals surface area contributed by atoms with Crippen molar-refractivity contribution in [3.8, 4) is 0 Å². The highest BCUT2D eigenvalue weighted by Gasteiger charge is 2.15. The highest BCUT2D eigenvalue weighted by atomic mass is 35.5. The molecule has 0 fully saturated rings. The Morgan fingerprint density at radius 3 is 2.75 bits per heavy atom. The van der Waals surface area contributed by atoms with Crippen LogP contribution in [0.4, 0.5) is 0 Å². The van der Waals surface area contributed by atoms with Crippen LogP contribution in [0.3, 0.4) is 0 Å². The lowest BCUT2D eigenvalue weighted by molar-refractivity contribution is 0.134. The van der Waals surface area contributed by atoms with Crippen LogP contribution in [0.5, 0.6) is 0 Å². The molecule has 2 aromatic rings. The van der Waals surface area contributed by atoms with Gasteiger partial charge in [-0.2, -0.15) is 0 Å². The topological polar surface area (TPSA) is 35.2 Å². The van der Waals surface area contributed by atoms with E-state index in [2.05, 4.69) is 18.2 Å². The quantitative estimate of drug-likeness (QED) is 0.919. The lowest BCUT2D eigenvalue weighted by Crippen LogP contribution is -2.14. The molecule has 1 atom stereocenters. The number of hydrogen-bond donors (Lipinski definition) is 1. The van der Waals surface area contributed by atoms with Gasteiger partial charge in [0.15, 0.2) is 0 Å². The Balaban J connectivity index is 1.82. The maximum atomic E-state index is 6.30. The molecule has 2 N–H and O–H groups in total. The summed E-state index contributed by atoms with van der Waals surface area (Å²) in [4.78, 5) is 0. The summed E-state index contributed by atoms with van der Waals surface area (Å²) in [5, 5.41) is 1.16. The first-order valence-electron chi connectivity index (χ1n) is 6.53. The average molecular weight is 308 g/mol. The highest BCUT2D eigenvalue weighted by Crippen LogP contribution is 2.30. The van der Waals surface area contributed by atoms with E-state index in [1.165, 1.54) is 11.1 Å². The van der Waals surface area contributed by atoms with Gasteiger partial charge in [0.2, 0.25) is 0 Å². The second kappa shape index (κ2) is 5.74. The molecule has 0 saturated heterocycles. The van der Waals surface area contributed by atoms with Crippen LogP contribution in [0.25, 0.3) is 0 Å². The Labute approximate surface area is 128 Å². The van der Waals surface area contributed by atoms with Gasteiger partial charge in [-0.05, 0) is 34.7 Å². The van der Waals surface area contributed by atoms with Gasteiger partial charge in [0.1, 0.15) is 0 Å². The molecule has 0 amide bonds. The van der Waals surface area contributed by atoms with Gasteiger partial charge in [0.05, 0.1) is 23.3 Å². The standard InChI is InChI=1S/C16H15Cl2NO/c17-14-3-1-2-11(16(14)18)7-15(19)10-4-5-12-8-20-9-13(12)6-10/h1-6,15H,7-9,19H2. The summed E-state index contributed by atoms with van der Waals surface area (Å²) in [6.07, 6.45) is 0.666. The predicted octanol–water partition coefficient (Wildman–Crippen LogP) is 4.27. The van der Waals surface area contributed by atoms with Gasteiger partial charge < -0.3 is 10.5 Å². The van der Waals surface area contributed by atoms with Crippen molar-refractivity contribution in [1.82, 2.24) is 0 Å². The van der Waals surface area contributed by atoms with E-state index in [9.17, 15) is 0 Å². The smallest absolute Gasteiger partial charge is 0.0725 e. The number of nitrogens with two attached hydrogens (primary N) is 1. The van der Waals surface area contributed by atoms with Crippen LogP contribution >= 0.6 is 23.2 Å². The number of hydrogen-bond acceptors (Lipinski definition) is 2. The van der Waals surface area contributed by atoms with Gasteiger partial charge >= 0.3 is 0 Å². The molecule has 3 rings (SSSR count). The normalized spacial score (nSPS) is 15.2. The Hall–Kier alpha value is -1.06. The molecule has 1 unspecified atom stereocenters. The first-order valence-corrected chi connectivity index (χ1v) is 7.28. The maximum Gasteiger partial charge on any atom is 0.0725 e. The number of benzene rings is 2. The van der Waals surface area contributed by atoms with Gasteiger partial charge in [0.25, 0.3) is 0 Å². The van der Waals surface area contributed by atoms with Crippen molar-refractivity contribution in [1.29, 1.82) is 0 Å². The highest BCUT2D eigenvalue weighted by molar-refractivity contribution is 6.42. The summed E-state index contributed by atoms with van der Waals surface area (Å²) in [6, 6.07) is 11.8. The molecule has 0 bridgehead atoms. The van der Waals surface area contributed by atoms with Gasteiger partial charge in [-0.1, -0.05) is 53.5 Å². The summed E-state index contributed by atoms with van der Waals surface area (Å²) in [6.45, 7) is 1.37. The minimum atomic E-state index is -0.100. The zero-order valence-electron chi connectivity index (χ0n) is 10.9. The minimum absolute atomic E-state index is 0.100. The number of halogens is 2. The fraction of sp³-hybridized carbons (Fsp3) is 0.250. The van der Waals surface area contributed by atoms with Gasteiger partial charge in [-0.3, -0.25) is 0 Å². The molecule has 0 radical (unpaired) electrons. The van der Waals surface area contributed by atoms with Gasteiger partial charge in [-0.15, -0.1) is 0 Å². The molecule has 0 aliphatic carbocycles. The Bertz CT molecular complexity index is 642. The summed E-state index contributed by atoms with van der Waals surface area (Å²) >= 11 is 12.2. The first-order chi connectivity index (χ1) is 9.65. The molecule has 104 valence electrons. The summed E-state index contributed by atoms with van der Waals surface area (Å²) < 4.78 is 5.42. The minimum Gasteiger partial charge on any atom is -0.372 e. The third kappa shape index (κ3) is 2.70. The second-order valence-corrected chi connectivity index (χ2v) is 5.83. The molecule has 4 heteroatoms. The van der Waals surface area contributed by atoms with Gasteiger partial charge in [0, 0.05) is 6.04 Å². The van der Waals surface area contributed by atoms with Crippen molar-refractivity contribution in [2.75, 3.05) is 0 Å². The third-order valence-corrected chi connectivity index (χ3v) is 4.50. The zero-order chi connectivity index (χ0) is 14.1. The van der Waals surface area contributed by atoms with E-state index in [4.69, 9.17) is 33.7 Å². The predicted molar refractivity (Wildman–Crippen MR) is 82.0 cm³/mol. The van der Waals surface area contributed by atoms with Crippen LogP contribution in [0.1, 0.15) is 28.3 Å². The summed E-state index contributed by atoms with van der Waals surface area (Å²) in [5.41, 5.74) is 10.9. The van der Waals surface area contributed by atoms with E-state index < -0.39 is 0 Å². The van der Waals surface area contributed by atoms with Crippen molar-refractivity contribution in [3.63, 3.8) is 0 Å². The number of ether oxygens (including phenoxy) is 1. The SMILES string of the molecule is NC(Cc1cccc(Cl)c1Cl)c1ccc2c(c1)COC2. The van der Waals surface area contributed by atoms with Crippen molar-refractivity contribution in [3.05, 3.63) is 68.7 Å². The maximum absolute atomic E-state index is 6.30. The molecule has 1 aliphatic heterocycles. The molecular weight excluding hydrogens is 293 g/mol. The van der Waals surface area contributed by atoms with Crippen molar-refractivity contribution in [2.24, 2.45) is 5.73 Å². The molecule has 2 nitrogen and oxygen atoms in total. The molecule has 0 spiro atoms. The number of rotatable bonds is 3. The van der Waals surface area contributed by atoms with Crippen LogP contribution in [-0.2, 0) is 24.4 Å². The Morgan fingerprint density at radius 2 is 1.90 bits per heavy atom. The van der Waals surface area contributed by atoms with Crippen molar-refractivity contribution >= 4 is 23.2 Å². The first kappa shape index (κ1) is 13.9. The Kier molecular flexibility index (Phi) is 3.99.